The van der Waals surface area contributed by atoms with Gasteiger partial charge in [0, 0.05) is 19.4 Å². The van der Waals surface area contributed by atoms with Crippen LogP contribution < -0.4 is 5.32 Å². The van der Waals surface area contributed by atoms with E-state index in [1.165, 1.54) is 34.1 Å². The van der Waals surface area contributed by atoms with Crippen LogP contribution in [-0.2, 0) is 32.1 Å². The zero-order valence-electron chi connectivity index (χ0n) is 25.6. The van der Waals surface area contributed by atoms with Crippen molar-refractivity contribution in [3.8, 4) is 11.5 Å². The highest BCUT2D eigenvalue weighted by molar-refractivity contribution is 5.95. The van der Waals surface area contributed by atoms with Gasteiger partial charge in [0.2, 0.25) is 11.8 Å². The fourth-order valence-electron chi connectivity index (χ4n) is 5.65. The number of aromatic hydroxyl groups is 2. The molecule has 4 amide bonds. The predicted molar refractivity (Wildman–Crippen MR) is 160 cm³/mol. The molecule has 0 bridgehead atoms. The van der Waals surface area contributed by atoms with Crippen LogP contribution in [0.15, 0.2) is 48.5 Å². The summed E-state index contributed by atoms with van der Waals surface area (Å²) in [6.07, 6.45) is -2.63. The van der Waals surface area contributed by atoms with Gasteiger partial charge in [-0.05, 0) is 60.1 Å². The standard InChI is InChI=1S/C32H42N4O8/c1-19(2)13-14-33-29(39)25(16-21-5-9-23(37)10-6-21)34-18-28-35(26(30(34)40)17-22-7-11-24(38)12-8-22)31(41)27(15-20(3)4)44-36(28)32(42)43/h5-12,19-20,25-28,37-38H,13-18H2,1-4H3,(H,33,39)(H,42,43)/t25?,26-,27+,28?/m0/s1. The van der Waals surface area contributed by atoms with Crippen LogP contribution in [0.3, 0.4) is 0 Å². The molecule has 2 saturated heterocycles. The molecule has 2 aliphatic rings. The number of carbonyl (C=O) groups is 4. The molecule has 0 spiro atoms. The van der Waals surface area contributed by atoms with Gasteiger partial charge in [0.1, 0.15) is 23.6 Å². The maximum absolute atomic E-state index is 14.4. The molecule has 0 radical (unpaired) electrons. The number of phenols is 2. The number of fused-ring (bicyclic) bond motifs is 1. The molecular formula is C32H42N4O8. The summed E-state index contributed by atoms with van der Waals surface area (Å²) in [4.78, 5) is 62.9. The van der Waals surface area contributed by atoms with Crippen LogP contribution in [0.5, 0.6) is 11.5 Å². The topological polar surface area (TPSA) is 160 Å². The molecule has 2 aromatic rings. The summed E-state index contributed by atoms with van der Waals surface area (Å²) in [6, 6.07) is 10.3. The second kappa shape index (κ2) is 14.0. The zero-order valence-corrected chi connectivity index (χ0v) is 25.6. The van der Waals surface area contributed by atoms with Crippen molar-refractivity contribution in [1.29, 1.82) is 0 Å². The summed E-state index contributed by atoms with van der Waals surface area (Å²) in [5.41, 5.74) is 1.32. The third-order valence-electron chi connectivity index (χ3n) is 7.93. The predicted octanol–water partition coefficient (Wildman–Crippen LogP) is 3.12. The Morgan fingerprint density at radius 1 is 0.909 bits per heavy atom. The number of piperazine rings is 1. The van der Waals surface area contributed by atoms with Gasteiger partial charge in [0.25, 0.3) is 5.91 Å². The first kappa shape index (κ1) is 32.6. The van der Waals surface area contributed by atoms with E-state index >= 15 is 0 Å². The molecule has 44 heavy (non-hydrogen) atoms. The van der Waals surface area contributed by atoms with Gasteiger partial charge in [-0.15, -0.1) is 0 Å². The number of benzene rings is 2. The van der Waals surface area contributed by atoms with E-state index in [0.29, 0.717) is 23.6 Å². The molecule has 4 rings (SSSR count). The number of hydrogen-bond donors (Lipinski definition) is 4. The van der Waals surface area contributed by atoms with Crippen LogP contribution >= 0.6 is 0 Å². The molecule has 238 valence electrons. The van der Waals surface area contributed by atoms with Crippen molar-refractivity contribution in [3.05, 3.63) is 59.7 Å². The quantitative estimate of drug-likeness (QED) is 0.302. The molecule has 0 saturated carbocycles. The summed E-state index contributed by atoms with van der Waals surface area (Å²) in [5, 5.41) is 33.4. The SMILES string of the molecule is CC(C)CCNC(=O)C(Cc1ccc(O)cc1)N1CC2N(C(=O)O)O[C@H](CC(C)C)C(=O)N2[C@@H](Cc2ccc(O)cc2)C1=O. The summed E-state index contributed by atoms with van der Waals surface area (Å²) in [7, 11) is 0. The van der Waals surface area contributed by atoms with E-state index in [0.717, 1.165) is 11.5 Å². The Hall–Kier alpha value is -4.32. The van der Waals surface area contributed by atoms with Crippen molar-refractivity contribution in [1.82, 2.24) is 20.2 Å². The Morgan fingerprint density at radius 3 is 2.05 bits per heavy atom. The zero-order chi connectivity index (χ0) is 32.1. The average Bonchev–Trinajstić information content (AvgIpc) is 2.96. The molecule has 2 heterocycles. The van der Waals surface area contributed by atoms with Crippen LogP contribution in [0.25, 0.3) is 0 Å². The van der Waals surface area contributed by atoms with Crippen molar-refractivity contribution in [3.63, 3.8) is 0 Å². The van der Waals surface area contributed by atoms with Crippen LogP contribution in [-0.4, -0.2) is 91.4 Å². The van der Waals surface area contributed by atoms with E-state index in [1.807, 2.05) is 27.7 Å². The van der Waals surface area contributed by atoms with Gasteiger partial charge < -0.3 is 30.4 Å². The second-order valence-electron chi connectivity index (χ2n) is 12.3. The second-order valence-corrected chi connectivity index (χ2v) is 12.3. The lowest BCUT2D eigenvalue weighted by Crippen LogP contribution is -2.75. The first-order valence-electron chi connectivity index (χ1n) is 15.0. The van der Waals surface area contributed by atoms with E-state index in [9.17, 15) is 34.5 Å². The number of rotatable bonds is 11. The van der Waals surface area contributed by atoms with E-state index < -0.39 is 48.2 Å². The molecular weight excluding hydrogens is 568 g/mol. The van der Waals surface area contributed by atoms with Gasteiger partial charge in [-0.2, -0.15) is 5.06 Å². The van der Waals surface area contributed by atoms with Crippen molar-refractivity contribution in [2.75, 3.05) is 13.1 Å². The maximum atomic E-state index is 14.4. The summed E-state index contributed by atoms with van der Waals surface area (Å²) >= 11 is 0. The minimum atomic E-state index is -1.42. The molecule has 12 heteroatoms. The third kappa shape index (κ3) is 7.60. The fraction of sp³-hybridized carbons (Fsp3) is 0.500. The number of nitrogens with zero attached hydrogens (tertiary/aromatic N) is 3. The molecule has 2 aromatic carbocycles. The van der Waals surface area contributed by atoms with Gasteiger partial charge in [0.15, 0.2) is 12.3 Å². The minimum absolute atomic E-state index is 0.00732. The Balaban J connectivity index is 1.76. The number of carbonyl (C=O) groups excluding carboxylic acids is 3. The van der Waals surface area contributed by atoms with Gasteiger partial charge in [-0.25, -0.2) is 4.79 Å². The Morgan fingerprint density at radius 2 is 1.50 bits per heavy atom. The molecule has 2 aliphatic heterocycles. The molecule has 4 N–H and O–H groups in total. The Bertz CT molecular complexity index is 1330. The largest absolute Gasteiger partial charge is 0.508 e. The summed E-state index contributed by atoms with van der Waals surface area (Å²) in [5.74, 6) is -0.975. The Labute approximate surface area is 257 Å². The Kier molecular flexibility index (Phi) is 10.4. The molecule has 2 fully saturated rings. The molecule has 0 aromatic heterocycles. The van der Waals surface area contributed by atoms with E-state index in [1.54, 1.807) is 24.3 Å². The van der Waals surface area contributed by atoms with Crippen molar-refractivity contribution in [2.45, 2.75) is 77.7 Å². The first-order chi connectivity index (χ1) is 20.8. The molecule has 4 atom stereocenters. The highest BCUT2D eigenvalue weighted by Gasteiger charge is 2.54. The fourth-order valence-corrected chi connectivity index (χ4v) is 5.65. The maximum Gasteiger partial charge on any atom is 0.433 e. The van der Waals surface area contributed by atoms with E-state index in [-0.39, 0.29) is 43.2 Å². The highest BCUT2D eigenvalue weighted by Crippen LogP contribution is 2.32. The normalized spacial score (nSPS) is 21.0. The van der Waals surface area contributed by atoms with Gasteiger partial charge >= 0.3 is 6.09 Å². The number of amides is 4. The number of nitrogens with one attached hydrogen (secondary N) is 1. The minimum Gasteiger partial charge on any atom is -0.508 e. The molecule has 2 unspecified atom stereocenters. The first-order valence-corrected chi connectivity index (χ1v) is 15.0. The number of phenolic OH excluding ortho intramolecular Hbond substituents is 2. The van der Waals surface area contributed by atoms with Gasteiger partial charge in [-0.1, -0.05) is 52.0 Å². The summed E-state index contributed by atoms with van der Waals surface area (Å²) < 4.78 is 0. The number of carboxylic acid groups (broad SMARTS) is 1. The number of hydrogen-bond acceptors (Lipinski definition) is 7. The molecule has 0 aliphatic carbocycles. The summed E-state index contributed by atoms with van der Waals surface area (Å²) in [6.45, 7) is 7.94. The third-order valence-corrected chi connectivity index (χ3v) is 7.93. The van der Waals surface area contributed by atoms with Gasteiger partial charge in [-0.3, -0.25) is 19.2 Å². The van der Waals surface area contributed by atoms with E-state index in [2.05, 4.69) is 5.32 Å². The highest BCUT2D eigenvalue weighted by atomic mass is 16.7. The lowest BCUT2D eigenvalue weighted by Gasteiger charge is -2.53. The smallest absolute Gasteiger partial charge is 0.433 e. The van der Waals surface area contributed by atoms with Crippen molar-refractivity contribution >= 4 is 23.8 Å². The molecule has 12 nitrogen and oxygen atoms in total. The van der Waals surface area contributed by atoms with Crippen LogP contribution in [0.2, 0.25) is 0 Å². The lowest BCUT2D eigenvalue weighted by molar-refractivity contribution is -0.267. The monoisotopic (exact) mass is 610 g/mol. The number of hydroxylamine groups is 2. The van der Waals surface area contributed by atoms with Crippen molar-refractivity contribution < 1.29 is 39.3 Å². The van der Waals surface area contributed by atoms with Crippen LogP contribution in [0, 0.1) is 11.8 Å². The van der Waals surface area contributed by atoms with Crippen LogP contribution in [0.1, 0.15) is 51.7 Å². The van der Waals surface area contributed by atoms with Gasteiger partial charge in [0.05, 0.1) is 6.54 Å². The average molecular weight is 611 g/mol. The van der Waals surface area contributed by atoms with Crippen LogP contribution in [0.4, 0.5) is 4.79 Å². The van der Waals surface area contributed by atoms with E-state index in [4.69, 9.17) is 4.84 Å². The lowest BCUT2D eigenvalue weighted by atomic mass is 9.94. The van der Waals surface area contributed by atoms with Crippen molar-refractivity contribution in [2.24, 2.45) is 11.8 Å².